The lowest BCUT2D eigenvalue weighted by atomic mass is 9.96. The summed E-state index contributed by atoms with van der Waals surface area (Å²) in [5.41, 5.74) is 10.3. The van der Waals surface area contributed by atoms with E-state index in [1.807, 2.05) is 18.2 Å². The molecular weight excluding hydrogens is 641 g/mol. The van der Waals surface area contributed by atoms with Crippen molar-refractivity contribution >= 4 is 70.4 Å². The minimum absolute atomic E-state index is 0.608. The smallest absolute Gasteiger partial charge is 0.227 e. The summed E-state index contributed by atoms with van der Waals surface area (Å²) in [6.07, 6.45) is 0. The summed E-state index contributed by atoms with van der Waals surface area (Å²) in [6, 6.07) is 64.4. The summed E-state index contributed by atoms with van der Waals surface area (Å²) < 4.78 is 9.25. The number of fused-ring (bicyclic) bond motifs is 5. The van der Waals surface area contributed by atoms with Gasteiger partial charge >= 0.3 is 0 Å². The molecular formula is C47H30N2OS. The number of benzene rings is 8. The molecule has 2 aromatic heterocycles. The Morgan fingerprint density at radius 2 is 1.08 bits per heavy atom. The highest BCUT2D eigenvalue weighted by Gasteiger charge is 2.26. The molecule has 2 heterocycles. The highest BCUT2D eigenvalue weighted by atomic mass is 32.1. The van der Waals surface area contributed by atoms with Crippen LogP contribution in [0.15, 0.2) is 186 Å². The molecule has 0 aliphatic heterocycles. The minimum atomic E-state index is 0.608. The Morgan fingerprint density at radius 1 is 0.471 bits per heavy atom. The van der Waals surface area contributed by atoms with E-state index in [2.05, 4.69) is 169 Å². The maximum absolute atomic E-state index is 6.86. The fourth-order valence-corrected chi connectivity index (χ4v) is 8.47. The van der Waals surface area contributed by atoms with Crippen LogP contribution in [0.25, 0.3) is 75.8 Å². The topological polar surface area (TPSA) is 29.3 Å². The molecule has 0 bridgehead atoms. The van der Waals surface area contributed by atoms with Crippen molar-refractivity contribution in [2.75, 3.05) is 4.90 Å². The molecule has 0 aliphatic carbocycles. The maximum atomic E-state index is 6.86. The van der Waals surface area contributed by atoms with Gasteiger partial charge in [0.2, 0.25) is 5.89 Å². The Kier molecular flexibility index (Phi) is 7.00. The van der Waals surface area contributed by atoms with Gasteiger partial charge in [0.1, 0.15) is 11.2 Å². The summed E-state index contributed by atoms with van der Waals surface area (Å²) in [7, 11) is 0. The molecule has 0 spiro atoms. The molecule has 10 rings (SSSR count). The SMILES string of the molecule is c1ccc(-c2ccc(N(c3cc(-c4ccccc4)c4ccccc4c3)c3c4oc(-c5ccccc5)nc4cc4c3sc3ccccc34)cc2)cc1. The van der Waals surface area contributed by atoms with Crippen molar-refractivity contribution in [2.45, 2.75) is 0 Å². The van der Waals surface area contributed by atoms with Crippen molar-refractivity contribution in [2.24, 2.45) is 0 Å². The molecule has 0 unspecified atom stereocenters. The van der Waals surface area contributed by atoms with Crippen LogP contribution in [-0.4, -0.2) is 4.98 Å². The molecule has 0 amide bonds. The van der Waals surface area contributed by atoms with Crippen molar-refractivity contribution in [3.8, 4) is 33.7 Å². The van der Waals surface area contributed by atoms with E-state index in [1.54, 1.807) is 11.3 Å². The van der Waals surface area contributed by atoms with E-state index in [0.717, 1.165) is 38.4 Å². The third-order valence-corrected chi connectivity index (χ3v) is 10.9. The highest BCUT2D eigenvalue weighted by Crippen LogP contribution is 2.50. The molecule has 0 fully saturated rings. The van der Waals surface area contributed by atoms with E-state index in [-0.39, 0.29) is 0 Å². The predicted molar refractivity (Wildman–Crippen MR) is 215 cm³/mol. The van der Waals surface area contributed by atoms with Gasteiger partial charge in [0.05, 0.1) is 4.70 Å². The Labute approximate surface area is 299 Å². The lowest BCUT2D eigenvalue weighted by molar-refractivity contribution is 0.620. The molecule has 240 valence electrons. The van der Waals surface area contributed by atoms with Gasteiger partial charge in [-0.2, -0.15) is 0 Å². The number of hydrogen-bond donors (Lipinski definition) is 0. The number of oxazole rings is 1. The van der Waals surface area contributed by atoms with E-state index in [0.29, 0.717) is 5.89 Å². The zero-order valence-corrected chi connectivity index (χ0v) is 28.3. The fraction of sp³-hybridized carbons (Fsp3) is 0. The molecule has 0 saturated heterocycles. The predicted octanol–water partition coefficient (Wildman–Crippen LogP) is 13.8. The molecule has 0 atom stereocenters. The summed E-state index contributed by atoms with van der Waals surface area (Å²) >= 11 is 1.80. The van der Waals surface area contributed by atoms with Crippen LogP contribution >= 0.6 is 11.3 Å². The van der Waals surface area contributed by atoms with Gasteiger partial charge in [-0.05, 0) is 81.6 Å². The zero-order chi connectivity index (χ0) is 33.7. The molecule has 4 heteroatoms. The number of thiophene rings is 1. The number of rotatable bonds is 6. The first-order valence-corrected chi connectivity index (χ1v) is 17.9. The van der Waals surface area contributed by atoms with Crippen molar-refractivity contribution in [1.82, 2.24) is 4.98 Å². The van der Waals surface area contributed by atoms with Crippen LogP contribution in [0.4, 0.5) is 17.1 Å². The van der Waals surface area contributed by atoms with Crippen LogP contribution in [0.1, 0.15) is 0 Å². The Bertz CT molecular complexity index is 2840. The van der Waals surface area contributed by atoms with Crippen LogP contribution in [0.5, 0.6) is 0 Å². The van der Waals surface area contributed by atoms with E-state index in [9.17, 15) is 0 Å². The molecule has 0 N–H and O–H groups in total. The summed E-state index contributed by atoms with van der Waals surface area (Å²) in [4.78, 5) is 7.51. The van der Waals surface area contributed by atoms with Gasteiger partial charge in [0.25, 0.3) is 0 Å². The van der Waals surface area contributed by atoms with Crippen molar-refractivity contribution in [3.05, 3.63) is 182 Å². The first-order valence-electron chi connectivity index (χ1n) is 17.1. The van der Waals surface area contributed by atoms with E-state index in [1.165, 1.54) is 48.5 Å². The Morgan fingerprint density at radius 3 is 1.82 bits per heavy atom. The number of hydrogen-bond acceptors (Lipinski definition) is 4. The second kappa shape index (κ2) is 12.1. The largest absolute Gasteiger partial charge is 0.434 e. The number of anilines is 3. The average molecular weight is 671 g/mol. The van der Waals surface area contributed by atoms with Crippen molar-refractivity contribution in [1.29, 1.82) is 0 Å². The Balaban J connectivity index is 1.31. The van der Waals surface area contributed by atoms with Gasteiger partial charge in [0.15, 0.2) is 5.58 Å². The molecule has 10 aromatic rings. The number of aromatic nitrogens is 1. The molecule has 0 aliphatic rings. The molecule has 0 saturated carbocycles. The van der Waals surface area contributed by atoms with Crippen LogP contribution in [-0.2, 0) is 0 Å². The monoisotopic (exact) mass is 670 g/mol. The summed E-state index contributed by atoms with van der Waals surface area (Å²) in [5.74, 6) is 0.608. The Hall–Kier alpha value is -6.49. The fourth-order valence-electron chi connectivity index (χ4n) is 7.25. The van der Waals surface area contributed by atoms with Gasteiger partial charge in [-0.25, -0.2) is 4.98 Å². The van der Waals surface area contributed by atoms with E-state index < -0.39 is 0 Å². The van der Waals surface area contributed by atoms with Crippen molar-refractivity contribution < 1.29 is 4.42 Å². The quantitative estimate of drug-likeness (QED) is 0.176. The van der Waals surface area contributed by atoms with E-state index in [4.69, 9.17) is 9.40 Å². The third-order valence-electron chi connectivity index (χ3n) is 9.66. The third kappa shape index (κ3) is 5.08. The maximum Gasteiger partial charge on any atom is 0.227 e. The van der Waals surface area contributed by atoms with Crippen molar-refractivity contribution in [3.63, 3.8) is 0 Å². The second-order valence-corrected chi connectivity index (χ2v) is 13.8. The first-order chi connectivity index (χ1) is 25.3. The average Bonchev–Trinajstić information content (AvgIpc) is 3.80. The molecule has 0 radical (unpaired) electrons. The van der Waals surface area contributed by atoms with Gasteiger partial charge in [-0.15, -0.1) is 11.3 Å². The van der Waals surface area contributed by atoms with Gasteiger partial charge in [-0.1, -0.05) is 133 Å². The molecule has 8 aromatic carbocycles. The van der Waals surface area contributed by atoms with Crippen LogP contribution in [0.3, 0.4) is 0 Å². The van der Waals surface area contributed by atoms with Gasteiger partial charge < -0.3 is 9.32 Å². The highest BCUT2D eigenvalue weighted by molar-refractivity contribution is 7.26. The lowest BCUT2D eigenvalue weighted by Crippen LogP contribution is -2.11. The molecule has 3 nitrogen and oxygen atoms in total. The second-order valence-electron chi connectivity index (χ2n) is 12.8. The lowest BCUT2D eigenvalue weighted by Gasteiger charge is -2.27. The summed E-state index contributed by atoms with van der Waals surface area (Å²) in [6.45, 7) is 0. The first kappa shape index (κ1) is 29.4. The van der Waals surface area contributed by atoms with Crippen LogP contribution in [0.2, 0.25) is 0 Å². The van der Waals surface area contributed by atoms with Gasteiger partial charge in [0, 0.05) is 32.4 Å². The number of nitrogens with zero attached hydrogens (tertiary/aromatic N) is 2. The van der Waals surface area contributed by atoms with Gasteiger partial charge in [-0.3, -0.25) is 0 Å². The van der Waals surface area contributed by atoms with Crippen LogP contribution < -0.4 is 4.90 Å². The molecule has 51 heavy (non-hydrogen) atoms. The standard InChI is InChI=1S/C47H30N2OS/c1-4-14-31(15-5-1)32-24-26-36(27-25-32)49(37-28-35-20-10-11-21-38(35)40(29-37)33-16-6-2-7-17-33)44-45-42(48-47(50-45)34-18-8-3-9-19-34)30-41-39-22-12-13-23-43(39)51-46(41)44/h1-30H. The minimum Gasteiger partial charge on any atom is -0.434 e. The van der Waals surface area contributed by atoms with Crippen LogP contribution in [0, 0.1) is 0 Å². The normalized spacial score (nSPS) is 11.5. The summed E-state index contributed by atoms with van der Waals surface area (Å²) in [5, 5.41) is 4.76. The van der Waals surface area contributed by atoms with E-state index >= 15 is 0 Å². The zero-order valence-electron chi connectivity index (χ0n) is 27.5.